The third kappa shape index (κ3) is 1.83. The second-order valence-corrected chi connectivity index (χ2v) is 5.58. The zero-order chi connectivity index (χ0) is 12.6. The van der Waals surface area contributed by atoms with Crippen molar-refractivity contribution in [1.29, 1.82) is 0 Å². The Morgan fingerprint density at radius 2 is 2.06 bits per heavy atom. The molecule has 2 fully saturated rings. The number of nitrogens with one attached hydrogen (secondary N) is 1. The number of carbonyl (C=O) groups excluding carboxylic acids is 1. The van der Waals surface area contributed by atoms with E-state index in [1.54, 1.807) is 0 Å². The Hall–Kier alpha value is -1.35. The molecule has 1 aromatic rings. The molecular formula is C15H20N2O. The van der Waals surface area contributed by atoms with E-state index in [0.29, 0.717) is 0 Å². The molecule has 2 saturated heterocycles. The molecule has 3 heteroatoms. The zero-order valence-corrected chi connectivity index (χ0v) is 10.9. The Labute approximate surface area is 108 Å². The molecule has 0 radical (unpaired) electrons. The van der Waals surface area contributed by atoms with Gasteiger partial charge in [0.25, 0.3) is 5.91 Å². The van der Waals surface area contributed by atoms with E-state index in [0.717, 1.165) is 44.5 Å². The van der Waals surface area contributed by atoms with Crippen molar-refractivity contribution in [3.63, 3.8) is 0 Å². The van der Waals surface area contributed by atoms with Gasteiger partial charge in [-0.2, -0.15) is 0 Å². The summed E-state index contributed by atoms with van der Waals surface area (Å²) in [6.45, 7) is 4.96. The highest BCUT2D eigenvalue weighted by Crippen LogP contribution is 2.35. The summed E-state index contributed by atoms with van der Waals surface area (Å²) in [5, 5.41) is 3.41. The van der Waals surface area contributed by atoms with Crippen LogP contribution in [-0.2, 0) is 0 Å². The molecule has 0 bridgehead atoms. The Bertz CT molecular complexity index is 441. The predicted octanol–water partition coefficient (Wildman–Crippen LogP) is 1.96. The van der Waals surface area contributed by atoms with Crippen molar-refractivity contribution < 1.29 is 4.79 Å². The van der Waals surface area contributed by atoms with E-state index in [1.165, 1.54) is 5.56 Å². The zero-order valence-electron chi connectivity index (χ0n) is 10.9. The maximum absolute atomic E-state index is 12.6. The van der Waals surface area contributed by atoms with E-state index in [2.05, 4.69) is 10.2 Å². The molecule has 1 spiro atoms. The van der Waals surface area contributed by atoms with Crippen LogP contribution in [0.3, 0.4) is 0 Å². The van der Waals surface area contributed by atoms with Gasteiger partial charge in [-0.05, 0) is 44.9 Å². The van der Waals surface area contributed by atoms with Crippen LogP contribution in [0.25, 0.3) is 0 Å². The molecule has 2 aliphatic rings. The van der Waals surface area contributed by atoms with Crippen molar-refractivity contribution in [2.24, 2.45) is 0 Å². The second kappa shape index (κ2) is 4.39. The number of hydrogen-bond donors (Lipinski definition) is 1. The van der Waals surface area contributed by atoms with Crippen LogP contribution < -0.4 is 5.32 Å². The molecule has 1 N–H and O–H groups in total. The van der Waals surface area contributed by atoms with Crippen LogP contribution in [-0.4, -0.2) is 36.0 Å². The summed E-state index contributed by atoms with van der Waals surface area (Å²) in [7, 11) is 0. The lowest BCUT2D eigenvalue weighted by Gasteiger charge is -2.34. The topological polar surface area (TPSA) is 32.3 Å². The van der Waals surface area contributed by atoms with E-state index in [9.17, 15) is 4.79 Å². The van der Waals surface area contributed by atoms with E-state index in [4.69, 9.17) is 0 Å². The van der Waals surface area contributed by atoms with Crippen molar-refractivity contribution >= 4 is 5.91 Å². The predicted molar refractivity (Wildman–Crippen MR) is 71.7 cm³/mol. The van der Waals surface area contributed by atoms with E-state index in [-0.39, 0.29) is 11.4 Å². The van der Waals surface area contributed by atoms with Crippen molar-refractivity contribution in [2.45, 2.75) is 31.7 Å². The average Bonchev–Trinajstić information content (AvgIpc) is 3.01. The number of likely N-dealkylation sites (tertiary alicyclic amines) is 1. The molecule has 96 valence electrons. The first kappa shape index (κ1) is 11.7. The summed E-state index contributed by atoms with van der Waals surface area (Å²) in [4.78, 5) is 14.7. The van der Waals surface area contributed by atoms with Crippen molar-refractivity contribution in [1.82, 2.24) is 10.2 Å². The lowest BCUT2D eigenvalue weighted by Crippen LogP contribution is -2.48. The van der Waals surface area contributed by atoms with E-state index in [1.807, 2.05) is 31.2 Å². The molecule has 3 rings (SSSR count). The van der Waals surface area contributed by atoms with Crippen LogP contribution in [0.15, 0.2) is 24.3 Å². The molecule has 0 saturated carbocycles. The minimum absolute atomic E-state index is 0.0992. The standard InChI is InChI=1S/C15H20N2O/c1-12-3-5-13(6-4-12)14(18)17-10-2-7-15(17)8-9-16-11-15/h3-6,16H,2,7-11H2,1H3. The van der Waals surface area contributed by atoms with E-state index >= 15 is 0 Å². The van der Waals surface area contributed by atoms with Gasteiger partial charge in [0.2, 0.25) is 0 Å². The van der Waals surface area contributed by atoms with Crippen molar-refractivity contribution in [3.8, 4) is 0 Å². The van der Waals surface area contributed by atoms with Gasteiger partial charge >= 0.3 is 0 Å². The molecule has 18 heavy (non-hydrogen) atoms. The second-order valence-electron chi connectivity index (χ2n) is 5.58. The number of benzene rings is 1. The normalized spacial score (nSPS) is 27.1. The highest BCUT2D eigenvalue weighted by atomic mass is 16.2. The fourth-order valence-corrected chi connectivity index (χ4v) is 3.28. The largest absolute Gasteiger partial charge is 0.332 e. The van der Waals surface area contributed by atoms with Crippen LogP contribution in [0.4, 0.5) is 0 Å². The van der Waals surface area contributed by atoms with Gasteiger partial charge in [0.05, 0.1) is 5.54 Å². The maximum atomic E-state index is 12.6. The third-order valence-electron chi connectivity index (χ3n) is 4.36. The van der Waals surface area contributed by atoms with Crippen LogP contribution in [0.2, 0.25) is 0 Å². The highest BCUT2D eigenvalue weighted by molar-refractivity contribution is 5.95. The third-order valence-corrected chi connectivity index (χ3v) is 4.36. The Balaban J connectivity index is 1.85. The quantitative estimate of drug-likeness (QED) is 0.819. The van der Waals surface area contributed by atoms with Crippen LogP contribution in [0.1, 0.15) is 35.2 Å². The SMILES string of the molecule is Cc1ccc(C(=O)N2CCCC23CCNC3)cc1. The molecule has 2 heterocycles. The summed E-state index contributed by atoms with van der Waals surface area (Å²) in [6, 6.07) is 7.93. The molecule has 3 nitrogen and oxygen atoms in total. The van der Waals surface area contributed by atoms with Crippen LogP contribution >= 0.6 is 0 Å². The van der Waals surface area contributed by atoms with Gasteiger partial charge < -0.3 is 10.2 Å². The first-order chi connectivity index (χ1) is 8.71. The first-order valence-electron chi connectivity index (χ1n) is 6.81. The van der Waals surface area contributed by atoms with Gasteiger partial charge in [-0.1, -0.05) is 17.7 Å². The maximum Gasteiger partial charge on any atom is 0.254 e. The van der Waals surface area contributed by atoms with E-state index < -0.39 is 0 Å². The van der Waals surface area contributed by atoms with Gasteiger partial charge in [-0.15, -0.1) is 0 Å². The fraction of sp³-hybridized carbons (Fsp3) is 0.533. The Kier molecular flexibility index (Phi) is 2.86. The number of nitrogens with zero attached hydrogens (tertiary/aromatic N) is 1. The smallest absolute Gasteiger partial charge is 0.254 e. The van der Waals surface area contributed by atoms with Crippen molar-refractivity contribution in [3.05, 3.63) is 35.4 Å². The van der Waals surface area contributed by atoms with Crippen molar-refractivity contribution in [2.75, 3.05) is 19.6 Å². The lowest BCUT2D eigenvalue weighted by atomic mass is 9.94. The Morgan fingerprint density at radius 1 is 1.28 bits per heavy atom. The Morgan fingerprint density at radius 3 is 2.72 bits per heavy atom. The monoisotopic (exact) mass is 244 g/mol. The molecule has 0 aliphatic carbocycles. The molecule has 1 atom stereocenters. The summed E-state index contributed by atoms with van der Waals surface area (Å²) in [5.41, 5.74) is 2.13. The number of hydrogen-bond acceptors (Lipinski definition) is 2. The van der Waals surface area contributed by atoms with Crippen LogP contribution in [0, 0.1) is 6.92 Å². The molecule has 1 aromatic carbocycles. The summed E-state index contributed by atoms with van der Waals surface area (Å²) >= 11 is 0. The fourth-order valence-electron chi connectivity index (χ4n) is 3.28. The lowest BCUT2D eigenvalue weighted by molar-refractivity contribution is 0.0625. The van der Waals surface area contributed by atoms with Gasteiger partial charge in [0.15, 0.2) is 0 Å². The first-order valence-corrected chi connectivity index (χ1v) is 6.81. The average molecular weight is 244 g/mol. The number of aryl methyl sites for hydroxylation is 1. The van der Waals surface area contributed by atoms with Gasteiger partial charge in [0.1, 0.15) is 0 Å². The number of rotatable bonds is 1. The number of carbonyl (C=O) groups is 1. The number of amides is 1. The highest BCUT2D eigenvalue weighted by Gasteiger charge is 2.45. The van der Waals surface area contributed by atoms with Gasteiger partial charge in [-0.3, -0.25) is 4.79 Å². The molecular weight excluding hydrogens is 224 g/mol. The molecule has 2 aliphatic heterocycles. The van der Waals surface area contributed by atoms with Crippen LogP contribution in [0.5, 0.6) is 0 Å². The minimum Gasteiger partial charge on any atom is -0.332 e. The molecule has 1 amide bonds. The summed E-state index contributed by atoms with van der Waals surface area (Å²) in [5.74, 6) is 0.205. The molecule has 0 aromatic heterocycles. The minimum atomic E-state index is 0.0992. The van der Waals surface area contributed by atoms with Gasteiger partial charge in [-0.25, -0.2) is 0 Å². The molecule has 1 unspecified atom stereocenters. The summed E-state index contributed by atoms with van der Waals surface area (Å²) < 4.78 is 0. The summed E-state index contributed by atoms with van der Waals surface area (Å²) in [6.07, 6.45) is 3.39. The van der Waals surface area contributed by atoms with Gasteiger partial charge in [0, 0.05) is 18.7 Å².